The second-order valence-corrected chi connectivity index (χ2v) is 34.3. The maximum absolute atomic E-state index is 3.49. The zero-order valence-electron chi connectivity index (χ0n) is 42.9. The molecule has 6 aromatic carbocycles. The summed E-state index contributed by atoms with van der Waals surface area (Å²) in [4.78, 5) is 0. The summed E-state index contributed by atoms with van der Waals surface area (Å²) in [6.45, 7) is 23.1. The van der Waals surface area contributed by atoms with Crippen molar-refractivity contribution in [3.05, 3.63) is 135 Å². The van der Waals surface area contributed by atoms with Crippen molar-refractivity contribution in [3.63, 3.8) is 0 Å². The first kappa shape index (κ1) is 55.5. The van der Waals surface area contributed by atoms with E-state index in [4.69, 9.17) is 0 Å². The number of halogens is 2. The van der Waals surface area contributed by atoms with Gasteiger partial charge in [0.1, 0.15) is 0 Å². The number of rotatable bonds is 8. The number of hydrogen-bond donors (Lipinski definition) is 0. The third-order valence-electron chi connectivity index (χ3n) is 17.5. The third-order valence-corrected chi connectivity index (χ3v) is 21.7. The summed E-state index contributed by atoms with van der Waals surface area (Å²) in [7, 11) is -2.49. The van der Waals surface area contributed by atoms with E-state index in [1.165, 1.54) is 131 Å². The van der Waals surface area contributed by atoms with Crippen LogP contribution in [0.3, 0.4) is 0 Å². The standard InChI is InChI=1S/2C29H35Si.C3H7.CH3.2ClH.Si.Zr/c2*1-30(2,3)26-9-7-22(8-10-26)27-6-4-5-23-12-21(18-29(23)27)17-28-24-13-19-11-20(15-24)16-25(28)14-19;1-3-2;;;;;/h2*4-10,12,18-20,24-25,28H,11,13-17H2,1-3H3;1,3H2,2H3;1H3;2*1H;;/q4*-1;;;;. The van der Waals surface area contributed by atoms with Crippen molar-refractivity contribution in [2.75, 3.05) is 0 Å². The summed E-state index contributed by atoms with van der Waals surface area (Å²) >= 11 is 1.36. The van der Waals surface area contributed by atoms with E-state index in [0.717, 1.165) is 65.6 Å². The van der Waals surface area contributed by atoms with Crippen molar-refractivity contribution in [1.29, 1.82) is 0 Å². The van der Waals surface area contributed by atoms with Gasteiger partial charge in [0.2, 0.25) is 0 Å². The molecule has 0 aromatic heterocycles. The van der Waals surface area contributed by atoms with Crippen LogP contribution in [0, 0.1) is 73.5 Å². The first-order valence-corrected chi connectivity index (χ1v) is 37.1. The molecule has 0 N–H and O–H groups in total. The van der Waals surface area contributed by atoms with Gasteiger partial charge >= 0.3 is 30.2 Å². The van der Waals surface area contributed by atoms with E-state index < -0.39 is 16.1 Å². The molecule has 8 saturated carbocycles. The van der Waals surface area contributed by atoms with Gasteiger partial charge in [-0.1, -0.05) is 128 Å². The Morgan fingerprint density at radius 2 is 0.794 bits per heavy atom. The van der Waals surface area contributed by atoms with E-state index >= 15 is 0 Å². The van der Waals surface area contributed by atoms with Crippen LogP contribution in [-0.2, 0) is 36.2 Å². The monoisotopic (exact) mass is 1070 g/mol. The van der Waals surface area contributed by atoms with Gasteiger partial charge in [-0.15, -0.1) is 93.9 Å². The van der Waals surface area contributed by atoms with Gasteiger partial charge < -0.3 is 14.4 Å². The molecule has 6 aromatic rings. The quantitative estimate of drug-likeness (QED) is 0.105. The second-order valence-electron chi connectivity index (χ2n) is 24.1. The first-order chi connectivity index (χ1) is 31.3. The summed E-state index contributed by atoms with van der Waals surface area (Å²) in [5.41, 5.74) is 8.74. The van der Waals surface area contributed by atoms with Crippen LogP contribution in [0.5, 0.6) is 0 Å². The molecular formula is C62H82Cl2Si3Zr-4. The zero-order valence-corrected chi connectivity index (χ0v) is 50.0. The molecule has 8 fully saturated rings. The van der Waals surface area contributed by atoms with Crippen molar-refractivity contribution in [2.24, 2.45) is 59.2 Å². The summed E-state index contributed by atoms with van der Waals surface area (Å²) in [5, 5.41) is 8.86. The SMILES string of the molecule is C[Si](C)(C)c1ccc(-c2cccc3[cH-]c(CC4C5CC6CC(C5)CC4C6)cc23)cc1.C[Si](C)(C)c1ccc(-c2cccc3[cH-]c(CC4C5CC6CC(C5)CC4C6)cc23)cc1.Cl.Cl.[CH2-]CC.[CH3-].[Si]=[Zr]. The van der Waals surface area contributed by atoms with Crippen molar-refractivity contribution < 1.29 is 23.3 Å². The molecule has 2 radical (unpaired) electrons. The molecule has 0 saturated heterocycles. The van der Waals surface area contributed by atoms with Gasteiger partial charge in [0, 0.05) is 0 Å². The molecule has 364 valence electrons. The predicted molar refractivity (Wildman–Crippen MR) is 307 cm³/mol. The summed E-state index contributed by atoms with van der Waals surface area (Å²) in [6, 6.07) is 42.7. The number of hydrogen-bond acceptors (Lipinski definition) is 0. The fourth-order valence-corrected chi connectivity index (χ4v) is 17.3. The van der Waals surface area contributed by atoms with Crippen LogP contribution in [0.4, 0.5) is 0 Å². The van der Waals surface area contributed by atoms with Crippen molar-refractivity contribution in [2.45, 2.75) is 130 Å². The van der Waals surface area contributed by atoms with Crippen LogP contribution < -0.4 is 10.4 Å². The molecule has 8 bridgehead atoms. The summed E-state index contributed by atoms with van der Waals surface area (Å²) in [5.74, 6) is 10.3. The van der Waals surface area contributed by atoms with Gasteiger partial charge in [0.15, 0.2) is 0 Å². The minimum absolute atomic E-state index is 0. The van der Waals surface area contributed by atoms with E-state index in [0.29, 0.717) is 0 Å². The summed E-state index contributed by atoms with van der Waals surface area (Å²) < 4.78 is 0. The molecule has 0 nitrogen and oxygen atoms in total. The third kappa shape index (κ3) is 12.0. The molecule has 8 aliphatic rings. The molecule has 8 aliphatic carbocycles. The van der Waals surface area contributed by atoms with E-state index in [1.54, 1.807) is 34.3 Å². The van der Waals surface area contributed by atoms with Crippen LogP contribution in [0.1, 0.15) is 88.7 Å². The Bertz CT molecular complexity index is 2300. The Morgan fingerprint density at radius 3 is 1.07 bits per heavy atom. The van der Waals surface area contributed by atoms with E-state index in [1.807, 2.05) is 6.92 Å². The Hall–Kier alpha value is -1.79. The van der Waals surface area contributed by atoms with Gasteiger partial charge in [-0.3, -0.25) is 0 Å². The Morgan fingerprint density at radius 1 is 0.500 bits per heavy atom. The molecule has 0 heterocycles. The predicted octanol–water partition coefficient (Wildman–Crippen LogP) is 16.9. The first-order valence-electron chi connectivity index (χ1n) is 25.9. The average Bonchev–Trinajstić information content (AvgIpc) is 3.90. The van der Waals surface area contributed by atoms with Crippen LogP contribution in [0.15, 0.2) is 109 Å². The van der Waals surface area contributed by atoms with Gasteiger partial charge in [0.25, 0.3) is 0 Å². The van der Waals surface area contributed by atoms with E-state index in [2.05, 4.69) is 162 Å². The van der Waals surface area contributed by atoms with E-state index in [9.17, 15) is 0 Å². The average molecular weight is 1070 g/mol. The number of fused-ring (bicyclic) bond motifs is 2. The molecule has 68 heavy (non-hydrogen) atoms. The fourth-order valence-electron chi connectivity index (χ4n) is 14.9. The van der Waals surface area contributed by atoms with Crippen LogP contribution in [0.2, 0.25) is 39.3 Å². The molecule has 6 heteroatoms. The molecule has 0 atom stereocenters. The van der Waals surface area contributed by atoms with Gasteiger partial charge in [-0.25, -0.2) is 0 Å². The molecule has 14 rings (SSSR count). The van der Waals surface area contributed by atoms with Gasteiger partial charge in [0.05, 0.1) is 16.1 Å². The molecule has 0 aliphatic heterocycles. The van der Waals surface area contributed by atoms with Gasteiger partial charge in [-0.05, 0) is 147 Å². The Labute approximate surface area is 445 Å². The Balaban J connectivity index is 0.000000197. The van der Waals surface area contributed by atoms with Gasteiger partial charge in [-0.2, -0.15) is 18.6 Å². The van der Waals surface area contributed by atoms with Crippen molar-refractivity contribution >= 4 is 79.8 Å². The topological polar surface area (TPSA) is 0 Å². The molecule has 0 amide bonds. The summed E-state index contributed by atoms with van der Waals surface area (Å²) in [6.07, 6.45) is 19.0. The zero-order chi connectivity index (χ0) is 45.6. The molecular weight excluding hydrogens is 991 g/mol. The van der Waals surface area contributed by atoms with Crippen molar-refractivity contribution in [3.8, 4) is 22.3 Å². The van der Waals surface area contributed by atoms with Crippen LogP contribution >= 0.6 is 24.8 Å². The van der Waals surface area contributed by atoms with E-state index in [-0.39, 0.29) is 32.2 Å². The maximum atomic E-state index is 3.49. The normalized spacial score (nSPS) is 27.0. The van der Waals surface area contributed by atoms with Crippen molar-refractivity contribution in [1.82, 2.24) is 0 Å². The van der Waals surface area contributed by atoms with Crippen LogP contribution in [0.25, 0.3) is 43.8 Å². The number of benzene rings is 4. The Kier molecular flexibility index (Phi) is 19.1. The fraction of sp³-hybridized carbons (Fsp3) is 0.484. The van der Waals surface area contributed by atoms with Crippen LogP contribution in [-0.4, -0.2) is 23.0 Å². The minimum atomic E-state index is -1.25. The molecule has 0 spiro atoms. The molecule has 0 unspecified atom stereocenters. The second kappa shape index (κ2) is 23.4.